The topological polar surface area (TPSA) is 146 Å². The number of unbranched alkanes of at least 4 members (excludes halogenated alkanes) is 5. The number of azide groups is 1. The highest BCUT2D eigenvalue weighted by Gasteiger charge is 2.45. The Bertz CT molecular complexity index is 1400. The van der Waals surface area contributed by atoms with Crippen LogP contribution >= 0.6 is 0 Å². The minimum absolute atomic E-state index is 0.103. The lowest BCUT2D eigenvalue weighted by molar-refractivity contribution is -0.142. The van der Waals surface area contributed by atoms with E-state index in [0.717, 1.165) is 53.3 Å². The number of amides is 2. The molecule has 2 aromatic carbocycles. The average molecular weight is 573 g/mol. The summed E-state index contributed by atoms with van der Waals surface area (Å²) in [6, 6.07) is 14.7. The van der Waals surface area contributed by atoms with Crippen LogP contribution in [0.5, 0.6) is 0 Å². The zero-order chi connectivity index (χ0) is 30.0. The third-order valence-electron chi connectivity index (χ3n) is 8.56. The fraction of sp³-hybridized carbons (Fsp3) is 0.515. The normalized spacial score (nSPS) is 18.3. The maximum Gasteiger partial charge on any atom is 0.405 e. The lowest BCUT2D eigenvalue weighted by atomic mass is 9.81. The predicted octanol–water partition coefficient (Wildman–Crippen LogP) is 7.80. The summed E-state index contributed by atoms with van der Waals surface area (Å²) >= 11 is 0. The molecule has 9 heteroatoms. The number of carbonyl (C=O) groups is 2. The Kier molecular flexibility index (Phi) is 10.9. The standard InChI is InChI=1S/C33H44N6O3/c1-3-4-5-6-7-8-13-23(2)20-33(42-32(34)41,21-25-22-36-28-17-12-11-15-26(25)28)31(40)37-29-19-18-24-14-9-10-16-27(24)30(29)38-39-35/h9-12,14-17,22-23,29-30,36H,3-8,13,18-21H2,1-2H3,(H2,34,41)(H,37,40). The molecule has 4 rings (SSSR count). The van der Waals surface area contributed by atoms with E-state index >= 15 is 0 Å². The summed E-state index contributed by atoms with van der Waals surface area (Å²) in [7, 11) is 0. The van der Waals surface area contributed by atoms with Crippen LogP contribution in [-0.4, -0.2) is 28.6 Å². The van der Waals surface area contributed by atoms with Crippen LogP contribution in [-0.2, 0) is 22.4 Å². The Labute approximate surface area is 248 Å². The van der Waals surface area contributed by atoms with E-state index in [1.54, 1.807) is 0 Å². The summed E-state index contributed by atoms with van der Waals surface area (Å²) in [5, 5.41) is 8.19. The molecular weight excluding hydrogens is 528 g/mol. The van der Waals surface area contributed by atoms with Gasteiger partial charge < -0.3 is 20.8 Å². The van der Waals surface area contributed by atoms with Crippen molar-refractivity contribution in [3.8, 4) is 0 Å². The van der Waals surface area contributed by atoms with Crippen LogP contribution in [0.2, 0.25) is 0 Å². The van der Waals surface area contributed by atoms with E-state index in [0.29, 0.717) is 12.8 Å². The number of aromatic amines is 1. The highest BCUT2D eigenvalue weighted by molar-refractivity contribution is 5.90. The van der Waals surface area contributed by atoms with Crippen molar-refractivity contribution in [1.29, 1.82) is 0 Å². The number of aromatic nitrogens is 1. The van der Waals surface area contributed by atoms with Crippen LogP contribution < -0.4 is 11.1 Å². The second kappa shape index (κ2) is 14.8. The molecule has 4 N–H and O–H groups in total. The fourth-order valence-electron chi connectivity index (χ4n) is 6.47. The van der Waals surface area contributed by atoms with E-state index in [9.17, 15) is 15.1 Å². The summed E-state index contributed by atoms with van der Waals surface area (Å²) in [6.45, 7) is 4.31. The Morgan fingerprint density at radius 1 is 1.14 bits per heavy atom. The number of aryl methyl sites for hydroxylation is 1. The molecule has 0 saturated carbocycles. The molecule has 0 spiro atoms. The Morgan fingerprint density at radius 3 is 2.67 bits per heavy atom. The van der Waals surface area contributed by atoms with Crippen molar-refractivity contribution in [2.45, 2.75) is 102 Å². The average Bonchev–Trinajstić information content (AvgIpc) is 3.38. The van der Waals surface area contributed by atoms with Crippen molar-refractivity contribution in [3.63, 3.8) is 0 Å². The second-order valence-electron chi connectivity index (χ2n) is 11.8. The van der Waals surface area contributed by atoms with Crippen molar-refractivity contribution in [2.75, 3.05) is 0 Å². The van der Waals surface area contributed by atoms with E-state index < -0.39 is 29.7 Å². The summed E-state index contributed by atoms with van der Waals surface area (Å²) in [4.78, 5) is 33.2. The number of hydrogen-bond acceptors (Lipinski definition) is 4. The van der Waals surface area contributed by atoms with Gasteiger partial charge in [-0.05, 0) is 53.5 Å². The molecule has 4 atom stereocenters. The largest absolute Gasteiger partial charge is 0.433 e. The van der Waals surface area contributed by atoms with Crippen LogP contribution in [0.15, 0.2) is 59.8 Å². The molecule has 1 heterocycles. The van der Waals surface area contributed by atoms with Gasteiger partial charge in [-0.2, -0.15) is 0 Å². The minimum atomic E-state index is -1.53. The van der Waals surface area contributed by atoms with Crippen LogP contribution in [0.1, 0.15) is 94.4 Å². The minimum Gasteiger partial charge on any atom is -0.433 e. The van der Waals surface area contributed by atoms with Gasteiger partial charge in [-0.1, -0.05) is 106 Å². The van der Waals surface area contributed by atoms with Crippen molar-refractivity contribution in [1.82, 2.24) is 10.3 Å². The number of hydrogen-bond donors (Lipinski definition) is 3. The van der Waals surface area contributed by atoms with Crippen LogP contribution in [0.3, 0.4) is 0 Å². The second-order valence-corrected chi connectivity index (χ2v) is 11.8. The molecule has 0 saturated heterocycles. The molecule has 4 unspecified atom stereocenters. The molecule has 0 fully saturated rings. The van der Waals surface area contributed by atoms with Gasteiger partial charge in [0.1, 0.15) is 0 Å². The maximum atomic E-state index is 14.4. The van der Waals surface area contributed by atoms with E-state index in [2.05, 4.69) is 34.2 Å². The molecule has 0 bridgehead atoms. The third-order valence-corrected chi connectivity index (χ3v) is 8.56. The van der Waals surface area contributed by atoms with Gasteiger partial charge in [-0.15, -0.1) is 0 Å². The van der Waals surface area contributed by atoms with E-state index in [-0.39, 0.29) is 12.3 Å². The monoisotopic (exact) mass is 572 g/mol. The van der Waals surface area contributed by atoms with Gasteiger partial charge in [-0.25, -0.2) is 4.79 Å². The predicted molar refractivity (Wildman–Crippen MR) is 166 cm³/mol. The molecule has 42 heavy (non-hydrogen) atoms. The van der Waals surface area contributed by atoms with Crippen LogP contribution in [0, 0.1) is 5.92 Å². The fourth-order valence-corrected chi connectivity index (χ4v) is 6.47. The highest BCUT2D eigenvalue weighted by Crippen LogP contribution is 2.36. The first kappa shape index (κ1) is 31.0. The van der Waals surface area contributed by atoms with Crippen molar-refractivity contribution in [2.24, 2.45) is 16.8 Å². The quantitative estimate of drug-likeness (QED) is 0.0738. The number of nitrogens with two attached hydrogens (primary N) is 1. The number of rotatable bonds is 15. The van der Waals surface area contributed by atoms with Gasteiger partial charge in [0.15, 0.2) is 5.60 Å². The maximum absolute atomic E-state index is 14.4. The Balaban J connectivity index is 1.62. The van der Waals surface area contributed by atoms with E-state index in [4.69, 9.17) is 10.5 Å². The number of para-hydroxylation sites is 1. The summed E-state index contributed by atoms with van der Waals surface area (Å²) in [6.07, 6.45) is 10.7. The van der Waals surface area contributed by atoms with E-state index in [1.807, 2.05) is 54.7 Å². The molecule has 2 amide bonds. The van der Waals surface area contributed by atoms with Gasteiger partial charge in [-0.3, -0.25) is 4.79 Å². The molecule has 3 aromatic rings. The third kappa shape index (κ3) is 7.65. The Morgan fingerprint density at radius 2 is 1.88 bits per heavy atom. The molecule has 224 valence electrons. The number of carbonyl (C=O) groups excluding carboxylic acids is 2. The lowest BCUT2D eigenvalue weighted by Gasteiger charge is -2.37. The highest BCUT2D eigenvalue weighted by atomic mass is 16.6. The number of primary amides is 1. The number of fused-ring (bicyclic) bond motifs is 2. The lowest BCUT2D eigenvalue weighted by Crippen LogP contribution is -2.56. The molecule has 0 radical (unpaired) electrons. The zero-order valence-corrected chi connectivity index (χ0v) is 24.9. The summed E-state index contributed by atoms with van der Waals surface area (Å²) in [5.41, 5.74) is 17.3. The molecule has 1 aliphatic rings. The van der Waals surface area contributed by atoms with Gasteiger partial charge in [0.25, 0.3) is 5.91 Å². The first-order valence-corrected chi connectivity index (χ1v) is 15.3. The molecule has 9 nitrogen and oxygen atoms in total. The number of nitrogens with one attached hydrogen (secondary N) is 2. The van der Waals surface area contributed by atoms with Crippen molar-refractivity contribution in [3.05, 3.63) is 81.9 Å². The van der Waals surface area contributed by atoms with Crippen molar-refractivity contribution < 1.29 is 14.3 Å². The first-order valence-electron chi connectivity index (χ1n) is 15.3. The first-order chi connectivity index (χ1) is 20.4. The van der Waals surface area contributed by atoms with Gasteiger partial charge in [0.2, 0.25) is 0 Å². The number of H-pyrrole nitrogens is 1. The molecule has 1 aromatic heterocycles. The van der Waals surface area contributed by atoms with Gasteiger partial charge in [0.05, 0.1) is 6.04 Å². The SMILES string of the molecule is CCCCCCCCC(C)CC(Cc1c[nH]c2ccccc12)(OC(N)=O)C(=O)NC1CCc2ccccc2C1N=[N+]=[N-]. The number of benzene rings is 2. The summed E-state index contributed by atoms with van der Waals surface area (Å²) < 4.78 is 5.87. The smallest absolute Gasteiger partial charge is 0.405 e. The molecule has 1 aliphatic carbocycles. The van der Waals surface area contributed by atoms with Gasteiger partial charge in [0, 0.05) is 34.5 Å². The number of nitrogens with zero attached hydrogens (tertiary/aromatic N) is 3. The van der Waals surface area contributed by atoms with Gasteiger partial charge >= 0.3 is 6.09 Å². The van der Waals surface area contributed by atoms with Crippen molar-refractivity contribution >= 4 is 22.9 Å². The molecular formula is C33H44N6O3. The van der Waals surface area contributed by atoms with Crippen LogP contribution in [0.4, 0.5) is 4.79 Å². The van der Waals surface area contributed by atoms with Crippen LogP contribution in [0.25, 0.3) is 21.3 Å². The summed E-state index contributed by atoms with van der Waals surface area (Å²) in [5.74, 6) is -0.310. The zero-order valence-electron chi connectivity index (χ0n) is 24.9. The Hall–Kier alpha value is -3.97. The number of ether oxygens (including phenoxy) is 1. The molecule has 0 aliphatic heterocycles. The van der Waals surface area contributed by atoms with E-state index in [1.165, 1.54) is 25.7 Å².